The molecule has 0 radical (unpaired) electrons. The second-order valence-electron chi connectivity index (χ2n) is 4.58. The fraction of sp³-hybridized carbons (Fsp3) is 1.00. The Morgan fingerprint density at radius 1 is 1.25 bits per heavy atom. The van der Waals surface area contributed by atoms with Gasteiger partial charge in [-0.25, -0.2) is 10.4 Å². The van der Waals surface area contributed by atoms with E-state index in [4.69, 9.17) is 0 Å². The Labute approximate surface area is 74.7 Å². The van der Waals surface area contributed by atoms with Gasteiger partial charge >= 0.3 is 0 Å². The first kappa shape index (κ1) is 9.96. The van der Waals surface area contributed by atoms with Crippen molar-refractivity contribution in [2.24, 2.45) is 0 Å². The van der Waals surface area contributed by atoms with Crippen LogP contribution in [0.5, 0.6) is 0 Å². The van der Waals surface area contributed by atoms with Crippen molar-refractivity contribution >= 4 is 0 Å². The average molecular weight is 172 g/mol. The van der Waals surface area contributed by atoms with E-state index in [-0.39, 0.29) is 11.6 Å². The zero-order chi connectivity index (χ0) is 9.19. The van der Waals surface area contributed by atoms with Crippen molar-refractivity contribution in [1.29, 1.82) is 0 Å². The second-order valence-corrected chi connectivity index (χ2v) is 4.58. The molecule has 1 saturated heterocycles. The molecule has 0 spiro atoms. The van der Waals surface area contributed by atoms with Crippen molar-refractivity contribution in [3.63, 3.8) is 0 Å². The maximum Gasteiger partial charge on any atom is 0.0565 e. The first-order chi connectivity index (χ1) is 5.47. The number of aliphatic hydroxyl groups excluding tert-OH is 1. The predicted octanol–water partition coefficient (Wildman–Crippen LogP) is 0.746. The molecule has 1 aliphatic rings. The molecule has 1 heterocycles. The Hall–Kier alpha value is -0.120. The Morgan fingerprint density at radius 2 is 1.75 bits per heavy atom. The summed E-state index contributed by atoms with van der Waals surface area (Å²) in [6, 6.07) is 0. The quantitative estimate of drug-likeness (QED) is 0.612. The van der Waals surface area contributed by atoms with Gasteiger partial charge in [-0.05, 0) is 33.6 Å². The van der Waals surface area contributed by atoms with Crippen molar-refractivity contribution in [3.8, 4) is 0 Å². The summed E-state index contributed by atoms with van der Waals surface area (Å²) in [6.07, 6.45) is 1.70. The van der Waals surface area contributed by atoms with E-state index < -0.39 is 0 Å². The molecule has 0 aromatic heterocycles. The van der Waals surface area contributed by atoms with Crippen LogP contribution in [0.2, 0.25) is 0 Å². The van der Waals surface area contributed by atoms with Crippen molar-refractivity contribution in [2.75, 3.05) is 13.1 Å². The van der Waals surface area contributed by atoms with Gasteiger partial charge < -0.3 is 5.11 Å². The minimum atomic E-state index is -0.0805. The molecule has 1 fully saturated rings. The van der Waals surface area contributed by atoms with Gasteiger partial charge in [0.15, 0.2) is 0 Å². The zero-order valence-corrected chi connectivity index (χ0v) is 8.30. The summed E-state index contributed by atoms with van der Waals surface area (Å²) >= 11 is 0. The van der Waals surface area contributed by atoms with Gasteiger partial charge in [0.05, 0.1) is 6.10 Å². The maximum atomic E-state index is 9.27. The molecule has 0 saturated carbocycles. The summed E-state index contributed by atoms with van der Waals surface area (Å²) in [5.41, 5.74) is 3.54. The third-order valence-electron chi connectivity index (χ3n) is 1.96. The Kier molecular flexibility index (Phi) is 3.09. The summed E-state index contributed by atoms with van der Waals surface area (Å²) in [5, 5.41) is 11.5. The first-order valence-corrected chi connectivity index (χ1v) is 4.68. The van der Waals surface area contributed by atoms with E-state index in [9.17, 15) is 5.11 Å². The van der Waals surface area contributed by atoms with Crippen LogP contribution in [-0.4, -0.2) is 34.8 Å². The molecule has 0 atom stereocenters. The van der Waals surface area contributed by atoms with Crippen molar-refractivity contribution in [3.05, 3.63) is 0 Å². The van der Waals surface area contributed by atoms with Crippen LogP contribution in [-0.2, 0) is 0 Å². The average Bonchev–Trinajstić information content (AvgIpc) is 1.91. The lowest BCUT2D eigenvalue weighted by Crippen LogP contribution is -2.52. The highest BCUT2D eigenvalue weighted by Gasteiger charge is 2.20. The van der Waals surface area contributed by atoms with Gasteiger partial charge in [-0.1, -0.05) is 0 Å². The van der Waals surface area contributed by atoms with Gasteiger partial charge in [-0.2, -0.15) is 0 Å². The third kappa shape index (κ3) is 3.52. The maximum absolute atomic E-state index is 9.27. The smallest absolute Gasteiger partial charge is 0.0565 e. The number of hydrogen-bond acceptors (Lipinski definition) is 3. The molecule has 3 nitrogen and oxygen atoms in total. The number of piperidine rings is 1. The van der Waals surface area contributed by atoms with Crippen molar-refractivity contribution in [1.82, 2.24) is 10.4 Å². The zero-order valence-electron chi connectivity index (χ0n) is 8.30. The largest absolute Gasteiger partial charge is 0.393 e. The Morgan fingerprint density at radius 3 is 2.17 bits per heavy atom. The van der Waals surface area contributed by atoms with Crippen LogP contribution in [0.25, 0.3) is 0 Å². The molecule has 12 heavy (non-hydrogen) atoms. The van der Waals surface area contributed by atoms with Crippen LogP contribution in [0.1, 0.15) is 33.6 Å². The summed E-state index contributed by atoms with van der Waals surface area (Å²) in [5.74, 6) is 0. The minimum Gasteiger partial charge on any atom is -0.393 e. The highest BCUT2D eigenvalue weighted by Crippen LogP contribution is 2.10. The van der Waals surface area contributed by atoms with Gasteiger partial charge in [0, 0.05) is 18.6 Å². The van der Waals surface area contributed by atoms with Gasteiger partial charge in [0.1, 0.15) is 0 Å². The van der Waals surface area contributed by atoms with E-state index in [1.807, 2.05) is 0 Å². The highest BCUT2D eigenvalue weighted by atomic mass is 16.3. The molecule has 0 bridgehead atoms. The molecule has 0 aromatic rings. The fourth-order valence-electron chi connectivity index (χ4n) is 1.45. The van der Waals surface area contributed by atoms with Crippen molar-refractivity contribution in [2.45, 2.75) is 45.3 Å². The highest BCUT2D eigenvalue weighted by molar-refractivity contribution is 4.74. The molecule has 1 rings (SSSR count). The number of hydrogen-bond donors (Lipinski definition) is 2. The molecule has 0 aliphatic carbocycles. The molecule has 1 aliphatic heterocycles. The van der Waals surface area contributed by atoms with Gasteiger partial charge in [-0.3, -0.25) is 0 Å². The first-order valence-electron chi connectivity index (χ1n) is 4.68. The standard InChI is InChI=1S/C9H20N2O/c1-9(2,3)10-11-6-4-8(12)5-7-11/h8,10,12H,4-7H2,1-3H3. The molecule has 3 heteroatoms. The summed E-state index contributed by atoms with van der Waals surface area (Å²) < 4.78 is 0. The summed E-state index contributed by atoms with van der Waals surface area (Å²) in [4.78, 5) is 0. The summed E-state index contributed by atoms with van der Waals surface area (Å²) in [7, 11) is 0. The van der Waals surface area contributed by atoms with E-state index in [2.05, 4.69) is 31.2 Å². The number of nitrogens with zero attached hydrogens (tertiary/aromatic N) is 1. The van der Waals surface area contributed by atoms with Crippen LogP contribution in [0.15, 0.2) is 0 Å². The topological polar surface area (TPSA) is 35.5 Å². The van der Waals surface area contributed by atoms with E-state index in [1.54, 1.807) is 0 Å². The van der Waals surface area contributed by atoms with E-state index in [1.165, 1.54) is 0 Å². The van der Waals surface area contributed by atoms with Crippen molar-refractivity contribution < 1.29 is 5.11 Å². The molecule has 72 valence electrons. The Bertz CT molecular complexity index is 134. The molecule has 2 N–H and O–H groups in total. The Balaban J connectivity index is 2.26. The van der Waals surface area contributed by atoms with E-state index in [0.717, 1.165) is 25.9 Å². The van der Waals surface area contributed by atoms with Crippen LogP contribution < -0.4 is 5.43 Å². The third-order valence-corrected chi connectivity index (χ3v) is 1.96. The monoisotopic (exact) mass is 172 g/mol. The molecular formula is C9H20N2O. The molecule has 0 aromatic carbocycles. The van der Waals surface area contributed by atoms with Gasteiger partial charge in [0.25, 0.3) is 0 Å². The number of rotatable bonds is 1. The second kappa shape index (κ2) is 3.73. The van der Waals surface area contributed by atoms with Crippen LogP contribution in [0, 0.1) is 0 Å². The van der Waals surface area contributed by atoms with E-state index >= 15 is 0 Å². The van der Waals surface area contributed by atoms with Gasteiger partial charge in [-0.15, -0.1) is 0 Å². The van der Waals surface area contributed by atoms with Gasteiger partial charge in [0.2, 0.25) is 0 Å². The lowest BCUT2D eigenvalue weighted by atomic mass is 10.1. The number of nitrogens with one attached hydrogen (secondary N) is 1. The number of aliphatic hydroxyl groups is 1. The lowest BCUT2D eigenvalue weighted by molar-refractivity contribution is 0.0355. The van der Waals surface area contributed by atoms with Crippen LogP contribution in [0.4, 0.5) is 0 Å². The SMILES string of the molecule is CC(C)(C)NN1CCC(O)CC1. The molecule has 0 unspecified atom stereocenters. The normalized spacial score (nSPS) is 23.0. The minimum absolute atomic E-state index is 0.0805. The predicted molar refractivity (Wildman–Crippen MR) is 49.7 cm³/mol. The number of hydrazine groups is 1. The summed E-state index contributed by atoms with van der Waals surface area (Å²) in [6.45, 7) is 8.37. The molecule has 0 amide bonds. The van der Waals surface area contributed by atoms with E-state index in [0.29, 0.717) is 0 Å². The molecular weight excluding hydrogens is 152 g/mol. The lowest BCUT2D eigenvalue weighted by Gasteiger charge is -2.35. The fourth-order valence-corrected chi connectivity index (χ4v) is 1.45. The van der Waals surface area contributed by atoms with Crippen LogP contribution >= 0.6 is 0 Å². The van der Waals surface area contributed by atoms with Crippen LogP contribution in [0.3, 0.4) is 0 Å².